The van der Waals surface area contributed by atoms with Crippen LogP contribution < -0.4 is 11.1 Å². The molecule has 0 spiro atoms. The molecule has 18 heavy (non-hydrogen) atoms. The second kappa shape index (κ2) is 7.12. The SMILES string of the molecule is CCC(N)C(=O)NC(C)(C)c1ccc(Br)cc1.Cl. The molecule has 1 aromatic carbocycles. The van der Waals surface area contributed by atoms with E-state index in [2.05, 4.69) is 21.2 Å². The molecule has 0 saturated carbocycles. The van der Waals surface area contributed by atoms with Crippen LogP contribution in [0.3, 0.4) is 0 Å². The van der Waals surface area contributed by atoms with E-state index in [1.165, 1.54) is 0 Å². The fraction of sp³-hybridized carbons (Fsp3) is 0.462. The van der Waals surface area contributed by atoms with Gasteiger partial charge in [-0.2, -0.15) is 0 Å². The van der Waals surface area contributed by atoms with E-state index in [0.29, 0.717) is 6.42 Å². The summed E-state index contributed by atoms with van der Waals surface area (Å²) in [7, 11) is 0. The number of benzene rings is 1. The largest absolute Gasteiger partial charge is 0.346 e. The summed E-state index contributed by atoms with van der Waals surface area (Å²) in [6.07, 6.45) is 0.641. The van der Waals surface area contributed by atoms with E-state index in [1.807, 2.05) is 45.0 Å². The minimum absolute atomic E-state index is 0. The number of amides is 1. The van der Waals surface area contributed by atoms with Gasteiger partial charge in [0.05, 0.1) is 11.6 Å². The Balaban J connectivity index is 0.00000289. The summed E-state index contributed by atoms with van der Waals surface area (Å²) in [6, 6.07) is 7.46. The lowest BCUT2D eigenvalue weighted by Crippen LogP contribution is -2.48. The average Bonchev–Trinajstić information content (AvgIpc) is 2.27. The third-order valence-electron chi connectivity index (χ3n) is 2.78. The van der Waals surface area contributed by atoms with Crippen LogP contribution in [0.25, 0.3) is 0 Å². The second-order valence-corrected chi connectivity index (χ2v) is 5.55. The first-order chi connectivity index (χ1) is 7.86. The average molecular weight is 336 g/mol. The van der Waals surface area contributed by atoms with E-state index in [0.717, 1.165) is 10.0 Å². The van der Waals surface area contributed by atoms with Gasteiger partial charge in [-0.1, -0.05) is 35.0 Å². The summed E-state index contributed by atoms with van der Waals surface area (Å²) in [5.74, 6) is -0.111. The summed E-state index contributed by atoms with van der Waals surface area (Å²) in [5, 5.41) is 2.96. The Bertz CT molecular complexity index is 392. The van der Waals surface area contributed by atoms with Gasteiger partial charge >= 0.3 is 0 Å². The third-order valence-corrected chi connectivity index (χ3v) is 3.31. The van der Waals surface area contributed by atoms with Crippen molar-refractivity contribution in [2.45, 2.75) is 38.8 Å². The molecule has 0 radical (unpaired) electrons. The number of carbonyl (C=O) groups excluding carboxylic acids is 1. The Hall–Kier alpha value is -0.580. The minimum Gasteiger partial charge on any atom is -0.346 e. The highest BCUT2D eigenvalue weighted by atomic mass is 79.9. The van der Waals surface area contributed by atoms with Gasteiger partial charge in [-0.15, -0.1) is 12.4 Å². The fourth-order valence-corrected chi connectivity index (χ4v) is 1.79. The van der Waals surface area contributed by atoms with Crippen LogP contribution in [0.5, 0.6) is 0 Å². The van der Waals surface area contributed by atoms with E-state index >= 15 is 0 Å². The number of carbonyl (C=O) groups is 1. The van der Waals surface area contributed by atoms with Gasteiger partial charge in [0.15, 0.2) is 0 Å². The Morgan fingerprint density at radius 2 is 1.89 bits per heavy atom. The van der Waals surface area contributed by atoms with Crippen LogP contribution in [0.1, 0.15) is 32.8 Å². The van der Waals surface area contributed by atoms with E-state index in [-0.39, 0.29) is 18.3 Å². The molecule has 102 valence electrons. The Kier molecular flexibility index (Phi) is 6.89. The Morgan fingerprint density at radius 1 is 1.39 bits per heavy atom. The predicted octanol–water partition coefficient (Wildman–Crippen LogP) is 2.96. The molecule has 3 nitrogen and oxygen atoms in total. The van der Waals surface area contributed by atoms with Crippen molar-refractivity contribution >= 4 is 34.2 Å². The van der Waals surface area contributed by atoms with Gasteiger partial charge < -0.3 is 11.1 Å². The molecule has 1 atom stereocenters. The van der Waals surface area contributed by atoms with Crippen LogP contribution >= 0.6 is 28.3 Å². The van der Waals surface area contributed by atoms with Crippen LogP contribution in [0.15, 0.2) is 28.7 Å². The number of hydrogen-bond donors (Lipinski definition) is 2. The second-order valence-electron chi connectivity index (χ2n) is 4.64. The van der Waals surface area contributed by atoms with Gasteiger partial charge in [-0.05, 0) is 38.0 Å². The molecule has 0 aliphatic heterocycles. The normalized spacial score (nSPS) is 12.5. The van der Waals surface area contributed by atoms with Gasteiger partial charge in [0, 0.05) is 4.47 Å². The van der Waals surface area contributed by atoms with Crippen molar-refractivity contribution in [1.82, 2.24) is 5.32 Å². The molecule has 0 aliphatic rings. The van der Waals surface area contributed by atoms with Crippen molar-refractivity contribution in [1.29, 1.82) is 0 Å². The molecule has 0 bridgehead atoms. The molecule has 5 heteroatoms. The molecular formula is C13H20BrClN2O. The summed E-state index contributed by atoms with van der Waals surface area (Å²) in [4.78, 5) is 11.8. The molecule has 1 rings (SSSR count). The molecule has 0 aromatic heterocycles. The van der Waals surface area contributed by atoms with E-state index in [4.69, 9.17) is 5.73 Å². The highest BCUT2D eigenvalue weighted by Gasteiger charge is 2.24. The molecule has 1 unspecified atom stereocenters. The molecule has 0 heterocycles. The van der Waals surface area contributed by atoms with Crippen molar-refractivity contribution < 1.29 is 4.79 Å². The third kappa shape index (κ3) is 4.59. The minimum atomic E-state index is -0.440. The zero-order valence-corrected chi connectivity index (χ0v) is 13.3. The molecule has 0 fully saturated rings. The zero-order chi connectivity index (χ0) is 13.1. The maximum Gasteiger partial charge on any atom is 0.237 e. The number of rotatable bonds is 4. The Morgan fingerprint density at radius 3 is 2.33 bits per heavy atom. The van der Waals surface area contributed by atoms with Crippen molar-refractivity contribution in [3.05, 3.63) is 34.3 Å². The summed E-state index contributed by atoms with van der Waals surface area (Å²) < 4.78 is 1.02. The lowest BCUT2D eigenvalue weighted by Gasteiger charge is -2.28. The topological polar surface area (TPSA) is 55.1 Å². The molecule has 1 aromatic rings. The highest BCUT2D eigenvalue weighted by Crippen LogP contribution is 2.22. The first kappa shape index (κ1) is 17.4. The fourth-order valence-electron chi connectivity index (χ4n) is 1.52. The molecule has 0 aliphatic carbocycles. The lowest BCUT2D eigenvalue weighted by molar-refractivity contribution is -0.124. The summed E-state index contributed by atoms with van der Waals surface area (Å²) in [5.41, 5.74) is 6.35. The molecular weight excluding hydrogens is 316 g/mol. The maximum atomic E-state index is 11.8. The van der Waals surface area contributed by atoms with Crippen molar-refractivity contribution in [3.63, 3.8) is 0 Å². The van der Waals surface area contributed by atoms with Gasteiger partial charge in [0.1, 0.15) is 0 Å². The first-order valence-corrected chi connectivity index (χ1v) is 6.49. The van der Waals surface area contributed by atoms with Gasteiger partial charge in [-0.3, -0.25) is 4.79 Å². The van der Waals surface area contributed by atoms with Crippen LogP contribution in [0, 0.1) is 0 Å². The number of hydrogen-bond acceptors (Lipinski definition) is 2. The van der Waals surface area contributed by atoms with Crippen LogP contribution in [0.4, 0.5) is 0 Å². The highest BCUT2D eigenvalue weighted by molar-refractivity contribution is 9.10. The number of nitrogens with two attached hydrogens (primary N) is 1. The summed E-state index contributed by atoms with van der Waals surface area (Å²) >= 11 is 3.39. The smallest absolute Gasteiger partial charge is 0.237 e. The monoisotopic (exact) mass is 334 g/mol. The molecule has 0 saturated heterocycles. The first-order valence-electron chi connectivity index (χ1n) is 5.70. The Labute approximate surface area is 123 Å². The van der Waals surface area contributed by atoms with E-state index in [1.54, 1.807) is 0 Å². The van der Waals surface area contributed by atoms with Gasteiger partial charge in [0.25, 0.3) is 0 Å². The number of nitrogens with one attached hydrogen (secondary N) is 1. The van der Waals surface area contributed by atoms with E-state index in [9.17, 15) is 4.79 Å². The van der Waals surface area contributed by atoms with Crippen LogP contribution in [0.2, 0.25) is 0 Å². The predicted molar refractivity (Wildman–Crippen MR) is 80.8 cm³/mol. The van der Waals surface area contributed by atoms with Crippen LogP contribution in [-0.4, -0.2) is 11.9 Å². The standard InChI is InChI=1S/C13H19BrN2O.ClH/c1-4-11(15)12(17)16-13(2,3)9-5-7-10(14)8-6-9;/h5-8,11H,4,15H2,1-3H3,(H,16,17);1H. The lowest BCUT2D eigenvalue weighted by atomic mass is 9.94. The number of halogens is 2. The maximum absolute atomic E-state index is 11.8. The zero-order valence-electron chi connectivity index (χ0n) is 10.9. The van der Waals surface area contributed by atoms with Crippen molar-refractivity contribution in [2.75, 3.05) is 0 Å². The van der Waals surface area contributed by atoms with Gasteiger partial charge in [0.2, 0.25) is 5.91 Å². The molecule has 1 amide bonds. The van der Waals surface area contributed by atoms with E-state index < -0.39 is 11.6 Å². The molecule has 3 N–H and O–H groups in total. The van der Waals surface area contributed by atoms with Crippen molar-refractivity contribution in [3.8, 4) is 0 Å². The summed E-state index contributed by atoms with van der Waals surface area (Å²) in [6.45, 7) is 5.84. The van der Waals surface area contributed by atoms with Gasteiger partial charge in [-0.25, -0.2) is 0 Å². The van der Waals surface area contributed by atoms with Crippen LogP contribution in [-0.2, 0) is 10.3 Å². The quantitative estimate of drug-likeness (QED) is 0.889. The van der Waals surface area contributed by atoms with Crippen molar-refractivity contribution in [2.24, 2.45) is 5.73 Å².